The molecule has 0 aliphatic carbocycles. The van der Waals surface area contributed by atoms with Gasteiger partial charge in [0.15, 0.2) is 11.5 Å². The maximum absolute atomic E-state index is 12.4. The second kappa shape index (κ2) is 7.83. The molecule has 1 amide bonds. The molecule has 2 aromatic rings. The lowest BCUT2D eigenvalue weighted by Crippen LogP contribution is -2.24. The molecule has 1 aromatic heterocycles. The number of nitrogens with one attached hydrogen (secondary N) is 2. The molecule has 0 bridgehead atoms. The van der Waals surface area contributed by atoms with Crippen molar-refractivity contribution in [1.29, 1.82) is 0 Å². The second-order valence-electron chi connectivity index (χ2n) is 5.84. The van der Waals surface area contributed by atoms with Gasteiger partial charge in [0.2, 0.25) is 6.79 Å². The van der Waals surface area contributed by atoms with Crippen molar-refractivity contribution in [3.05, 3.63) is 41.3 Å². The fraction of sp³-hybridized carbons (Fsp3) is 0.389. The quantitative estimate of drug-likeness (QED) is 0.753. The van der Waals surface area contributed by atoms with Crippen molar-refractivity contribution in [2.24, 2.45) is 0 Å². The number of fused-ring (bicyclic) bond motifs is 1. The SMILES string of the molecule is CCCCNc1cc(C(=O)NCc2ccc3c(c2)OCO3)nc(C)n1. The van der Waals surface area contributed by atoms with Crippen LogP contribution in [-0.2, 0) is 6.54 Å². The highest BCUT2D eigenvalue weighted by atomic mass is 16.7. The molecule has 1 aromatic carbocycles. The number of amides is 1. The standard InChI is InChI=1S/C18H22N4O3/c1-3-4-7-19-17-9-14(21-12(2)22-17)18(23)20-10-13-5-6-15-16(8-13)25-11-24-15/h5-6,8-9H,3-4,7,10-11H2,1-2H3,(H,20,23)(H,19,21,22). The number of anilines is 1. The molecule has 2 N–H and O–H groups in total. The number of unbranched alkanes of at least 4 members (excludes halogenated alkanes) is 1. The molecule has 0 unspecified atom stereocenters. The van der Waals surface area contributed by atoms with Gasteiger partial charge in [-0.3, -0.25) is 4.79 Å². The average molecular weight is 342 g/mol. The summed E-state index contributed by atoms with van der Waals surface area (Å²) in [7, 11) is 0. The van der Waals surface area contributed by atoms with Gasteiger partial charge >= 0.3 is 0 Å². The predicted molar refractivity (Wildman–Crippen MR) is 93.9 cm³/mol. The summed E-state index contributed by atoms with van der Waals surface area (Å²) in [6.45, 7) is 5.35. The Morgan fingerprint density at radius 1 is 1.20 bits per heavy atom. The molecule has 0 saturated heterocycles. The van der Waals surface area contributed by atoms with Gasteiger partial charge in [-0.1, -0.05) is 19.4 Å². The van der Waals surface area contributed by atoms with Crippen LogP contribution >= 0.6 is 0 Å². The number of ether oxygens (including phenoxy) is 2. The molecule has 0 radical (unpaired) electrons. The van der Waals surface area contributed by atoms with Crippen LogP contribution in [0.1, 0.15) is 41.6 Å². The van der Waals surface area contributed by atoms with Crippen molar-refractivity contribution in [2.45, 2.75) is 33.2 Å². The number of rotatable bonds is 7. The zero-order valence-corrected chi connectivity index (χ0v) is 14.5. The molecule has 1 aliphatic heterocycles. The van der Waals surface area contributed by atoms with Crippen LogP contribution in [0.15, 0.2) is 24.3 Å². The van der Waals surface area contributed by atoms with Crippen LogP contribution in [0.5, 0.6) is 11.5 Å². The van der Waals surface area contributed by atoms with E-state index in [1.165, 1.54) is 0 Å². The Kier molecular flexibility index (Phi) is 5.33. The Morgan fingerprint density at radius 3 is 2.88 bits per heavy atom. The van der Waals surface area contributed by atoms with Gasteiger partial charge in [-0.25, -0.2) is 9.97 Å². The summed E-state index contributed by atoms with van der Waals surface area (Å²) in [6.07, 6.45) is 2.15. The fourth-order valence-corrected chi connectivity index (χ4v) is 2.49. The number of hydrogen-bond donors (Lipinski definition) is 2. The Morgan fingerprint density at radius 2 is 2.04 bits per heavy atom. The van der Waals surface area contributed by atoms with E-state index >= 15 is 0 Å². The summed E-state index contributed by atoms with van der Waals surface area (Å²) in [5.41, 5.74) is 1.29. The fourth-order valence-electron chi connectivity index (χ4n) is 2.49. The second-order valence-corrected chi connectivity index (χ2v) is 5.84. The third-order valence-corrected chi connectivity index (χ3v) is 3.80. The van der Waals surface area contributed by atoms with Crippen molar-refractivity contribution in [3.63, 3.8) is 0 Å². The molecule has 25 heavy (non-hydrogen) atoms. The van der Waals surface area contributed by atoms with E-state index in [0.717, 1.165) is 30.7 Å². The van der Waals surface area contributed by atoms with Crippen LogP contribution in [0.4, 0.5) is 5.82 Å². The molecule has 0 atom stereocenters. The normalized spacial score (nSPS) is 12.1. The number of carbonyl (C=O) groups is 1. The van der Waals surface area contributed by atoms with Crippen molar-refractivity contribution in [3.8, 4) is 11.5 Å². The first-order valence-electron chi connectivity index (χ1n) is 8.42. The van der Waals surface area contributed by atoms with Gasteiger partial charge in [0.05, 0.1) is 0 Å². The van der Waals surface area contributed by atoms with Gasteiger partial charge in [0.25, 0.3) is 5.91 Å². The third-order valence-electron chi connectivity index (χ3n) is 3.80. The number of carbonyl (C=O) groups excluding carboxylic acids is 1. The molecular formula is C18H22N4O3. The molecule has 1 aliphatic rings. The zero-order valence-electron chi connectivity index (χ0n) is 14.5. The molecule has 132 valence electrons. The Balaban J connectivity index is 1.62. The minimum Gasteiger partial charge on any atom is -0.454 e. The van der Waals surface area contributed by atoms with E-state index < -0.39 is 0 Å². The predicted octanol–water partition coefficient (Wildman–Crippen LogP) is 2.66. The largest absolute Gasteiger partial charge is 0.454 e. The lowest BCUT2D eigenvalue weighted by atomic mass is 10.2. The molecule has 0 saturated carbocycles. The highest BCUT2D eigenvalue weighted by molar-refractivity contribution is 5.92. The average Bonchev–Trinajstić information content (AvgIpc) is 3.07. The first-order valence-corrected chi connectivity index (χ1v) is 8.42. The van der Waals surface area contributed by atoms with E-state index in [0.29, 0.717) is 29.6 Å². The Bertz CT molecular complexity index is 764. The molecular weight excluding hydrogens is 320 g/mol. The molecule has 0 fully saturated rings. The number of aromatic nitrogens is 2. The van der Waals surface area contributed by atoms with E-state index in [1.807, 2.05) is 18.2 Å². The lowest BCUT2D eigenvalue weighted by Gasteiger charge is -2.09. The van der Waals surface area contributed by atoms with Crippen LogP contribution in [-0.4, -0.2) is 29.2 Å². The van der Waals surface area contributed by atoms with Crippen molar-refractivity contribution >= 4 is 11.7 Å². The summed E-state index contributed by atoms with van der Waals surface area (Å²) < 4.78 is 10.6. The van der Waals surface area contributed by atoms with Gasteiger partial charge in [-0.05, 0) is 31.0 Å². The summed E-state index contributed by atoms with van der Waals surface area (Å²) in [5, 5.41) is 6.10. The Labute approximate surface area is 146 Å². The summed E-state index contributed by atoms with van der Waals surface area (Å²) in [4.78, 5) is 20.9. The maximum atomic E-state index is 12.4. The number of hydrogen-bond acceptors (Lipinski definition) is 6. The Hall–Kier alpha value is -2.83. The number of nitrogens with zero attached hydrogens (tertiary/aromatic N) is 2. The summed E-state index contributed by atoms with van der Waals surface area (Å²) in [6, 6.07) is 7.29. The van der Waals surface area contributed by atoms with Crippen LogP contribution in [0.25, 0.3) is 0 Å². The summed E-state index contributed by atoms with van der Waals surface area (Å²) >= 11 is 0. The van der Waals surface area contributed by atoms with Crippen LogP contribution < -0.4 is 20.1 Å². The van der Waals surface area contributed by atoms with Gasteiger partial charge in [-0.2, -0.15) is 0 Å². The smallest absolute Gasteiger partial charge is 0.270 e. The van der Waals surface area contributed by atoms with Crippen molar-refractivity contribution in [2.75, 3.05) is 18.7 Å². The topological polar surface area (TPSA) is 85.4 Å². The number of aryl methyl sites for hydroxylation is 1. The molecule has 7 heteroatoms. The van der Waals surface area contributed by atoms with Crippen LogP contribution in [0.2, 0.25) is 0 Å². The minimum atomic E-state index is -0.235. The molecule has 3 rings (SSSR count). The van der Waals surface area contributed by atoms with E-state index in [9.17, 15) is 4.79 Å². The van der Waals surface area contributed by atoms with Crippen LogP contribution in [0, 0.1) is 6.92 Å². The van der Waals surface area contributed by atoms with Gasteiger partial charge in [0, 0.05) is 19.2 Å². The molecule has 7 nitrogen and oxygen atoms in total. The third kappa shape index (κ3) is 4.37. The lowest BCUT2D eigenvalue weighted by molar-refractivity contribution is 0.0945. The van der Waals surface area contributed by atoms with Crippen LogP contribution in [0.3, 0.4) is 0 Å². The zero-order chi connectivity index (χ0) is 17.6. The first kappa shape index (κ1) is 17.0. The molecule has 0 spiro atoms. The van der Waals surface area contributed by atoms with E-state index in [4.69, 9.17) is 9.47 Å². The first-order chi connectivity index (χ1) is 12.2. The van der Waals surface area contributed by atoms with Gasteiger partial charge < -0.3 is 20.1 Å². The van der Waals surface area contributed by atoms with E-state index in [-0.39, 0.29) is 12.7 Å². The highest BCUT2D eigenvalue weighted by Crippen LogP contribution is 2.32. The minimum absolute atomic E-state index is 0.235. The highest BCUT2D eigenvalue weighted by Gasteiger charge is 2.14. The van der Waals surface area contributed by atoms with Crippen molar-refractivity contribution < 1.29 is 14.3 Å². The number of benzene rings is 1. The van der Waals surface area contributed by atoms with Crippen molar-refractivity contribution in [1.82, 2.24) is 15.3 Å². The monoisotopic (exact) mass is 342 g/mol. The maximum Gasteiger partial charge on any atom is 0.270 e. The van der Waals surface area contributed by atoms with E-state index in [2.05, 4.69) is 27.5 Å². The van der Waals surface area contributed by atoms with E-state index in [1.54, 1.807) is 13.0 Å². The molecule has 2 heterocycles. The van der Waals surface area contributed by atoms with Gasteiger partial charge in [0.1, 0.15) is 17.3 Å². The van der Waals surface area contributed by atoms with Gasteiger partial charge in [-0.15, -0.1) is 0 Å². The summed E-state index contributed by atoms with van der Waals surface area (Å²) in [5.74, 6) is 2.43.